The average Bonchev–Trinajstić information content (AvgIpc) is 3.14. The van der Waals surface area contributed by atoms with Crippen LogP contribution in [0.4, 0.5) is 4.39 Å². The Morgan fingerprint density at radius 3 is 2.48 bits per heavy atom. The summed E-state index contributed by atoms with van der Waals surface area (Å²) in [5, 5.41) is 7.80. The third kappa shape index (κ3) is 3.41. The lowest BCUT2D eigenvalue weighted by Crippen LogP contribution is -2.33. The first kappa shape index (κ1) is 18.9. The molecular formula is C22H14BrCl2FN2O. The van der Waals surface area contributed by atoms with E-state index in [9.17, 15) is 4.39 Å². The van der Waals surface area contributed by atoms with Crippen molar-refractivity contribution in [2.24, 2.45) is 5.10 Å². The minimum atomic E-state index is -0.514. The summed E-state index contributed by atoms with van der Waals surface area (Å²) in [5.74, 6) is 0.297. The maximum Gasteiger partial charge on any atom is 0.213 e. The Morgan fingerprint density at radius 1 is 1.03 bits per heavy atom. The maximum absolute atomic E-state index is 13.5. The van der Waals surface area contributed by atoms with Crippen molar-refractivity contribution >= 4 is 44.8 Å². The molecule has 0 bridgehead atoms. The van der Waals surface area contributed by atoms with E-state index in [1.165, 1.54) is 12.1 Å². The lowest BCUT2D eigenvalue weighted by atomic mass is 9.96. The molecule has 0 aliphatic carbocycles. The topological polar surface area (TPSA) is 24.8 Å². The first-order chi connectivity index (χ1) is 14.0. The number of benzene rings is 3. The highest BCUT2D eigenvalue weighted by atomic mass is 79.9. The van der Waals surface area contributed by atoms with Gasteiger partial charge in [-0.25, -0.2) is 9.40 Å². The Morgan fingerprint density at radius 2 is 1.76 bits per heavy atom. The smallest absolute Gasteiger partial charge is 0.213 e. The van der Waals surface area contributed by atoms with Gasteiger partial charge in [-0.3, -0.25) is 0 Å². The lowest BCUT2D eigenvalue weighted by molar-refractivity contribution is -0.0189. The molecule has 3 aromatic carbocycles. The van der Waals surface area contributed by atoms with Gasteiger partial charge in [0, 0.05) is 27.0 Å². The van der Waals surface area contributed by atoms with Gasteiger partial charge in [0.2, 0.25) is 6.23 Å². The second-order valence-corrected chi connectivity index (χ2v) is 8.74. The molecule has 146 valence electrons. The summed E-state index contributed by atoms with van der Waals surface area (Å²) in [7, 11) is 0. The van der Waals surface area contributed by atoms with E-state index in [-0.39, 0.29) is 11.9 Å². The summed E-state index contributed by atoms with van der Waals surface area (Å²) in [6, 6.07) is 17.8. The van der Waals surface area contributed by atoms with Crippen LogP contribution in [0.5, 0.6) is 5.75 Å². The molecule has 0 amide bonds. The molecule has 0 saturated carbocycles. The van der Waals surface area contributed by atoms with Crippen LogP contribution < -0.4 is 4.74 Å². The van der Waals surface area contributed by atoms with Gasteiger partial charge in [0.05, 0.1) is 16.8 Å². The van der Waals surface area contributed by atoms with E-state index in [4.69, 9.17) is 33.0 Å². The van der Waals surface area contributed by atoms with Crippen LogP contribution >= 0.6 is 39.1 Å². The van der Waals surface area contributed by atoms with Gasteiger partial charge in [0.25, 0.3) is 0 Å². The highest BCUT2D eigenvalue weighted by Gasteiger charge is 2.42. The zero-order valence-corrected chi connectivity index (χ0v) is 18.0. The predicted molar refractivity (Wildman–Crippen MR) is 116 cm³/mol. The number of nitrogens with zero attached hydrogens (tertiary/aromatic N) is 2. The Kier molecular flexibility index (Phi) is 4.77. The molecule has 29 heavy (non-hydrogen) atoms. The second-order valence-electron chi connectivity index (χ2n) is 6.98. The van der Waals surface area contributed by atoms with Crippen LogP contribution in [0.2, 0.25) is 10.0 Å². The molecule has 0 aromatic heterocycles. The third-order valence-corrected chi connectivity index (χ3v) is 6.17. The van der Waals surface area contributed by atoms with Crippen LogP contribution in [0.3, 0.4) is 0 Å². The molecule has 3 nitrogen and oxygen atoms in total. The quantitative estimate of drug-likeness (QED) is 0.380. The van der Waals surface area contributed by atoms with E-state index in [1.807, 2.05) is 35.3 Å². The first-order valence-corrected chi connectivity index (χ1v) is 10.6. The second kappa shape index (κ2) is 7.31. The van der Waals surface area contributed by atoms with E-state index in [1.54, 1.807) is 18.2 Å². The molecule has 3 aromatic rings. The van der Waals surface area contributed by atoms with Gasteiger partial charge < -0.3 is 4.74 Å². The minimum Gasteiger partial charge on any atom is -0.463 e. The summed E-state index contributed by atoms with van der Waals surface area (Å²) in [4.78, 5) is 0. The van der Waals surface area contributed by atoms with Crippen molar-refractivity contribution in [1.29, 1.82) is 0 Å². The van der Waals surface area contributed by atoms with Crippen LogP contribution in [-0.4, -0.2) is 10.7 Å². The molecule has 0 N–H and O–H groups in total. The van der Waals surface area contributed by atoms with Crippen LogP contribution in [-0.2, 0) is 0 Å². The molecular weight excluding hydrogens is 478 g/mol. The third-order valence-electron chi connectivity index (χ3n) is 5.14. The maximum atomic E-state index is 13.5. The van der Waals surface area contributed by atoms with Gasteiger partial charge in [-0.1, -0.05) is 63.4 Å². The molecule has 5 rings (SSSR count). The fraction of sp³-hybridized carbons (Fsp3) is 0.136. The highest BCUT2D eigenvalue weighted by molar-refractivity contribution is 9.10. The van der Waals surface area contributed by atoms with Gasteiger partial charge in [-0.2, -0.15) is 5.10 Å². The van der Waals surface area contributed by atoms with Crippen molar-refractivity contribution in [3.8, 4) is 5.75 Å². The van der Waals surface area contributed by atoms with Gasteiger partial charge in [-0.15, -0.1) is 0 Å². The van der Waals surface area contributed by atoms with Gasteiger partial charge in [-0.05, 0) is 42.0 Å². The SMILES string of the molecule is Fc1ccc(C2Oc3c(Cl)cc(Cl)cc3C3CC(c4ccc(Br)cc4)=NN32)cc1. The normalized spacial score (nSPS) is 20.0. The number of hydrazone groups is 1. The monoisotopic (exact) mass is 490 g/mol. The number of ether oxygens (including phenoxy) is 1. The van der Waals surface area contributed by atoms with Gasteiger partial charge >= 0.3 is 0 Å². The first-order valence-electron chi connectivity index (χ1n) is 9.02. The van der Waals surface area contributed by atoms with Crippen LogP contribution in [0.1, 0.15) is 35.4 Å². The van der Waals surface area contributed by atoms with Gasteiger partial charge in [0.1, 0.15) is 11.6 Å². The van der Waals surface area contributed by atoms with Crippen molar-refractivity contribution in [1.82, 2.24) is 5.01 Å². The summed E-state index contributed by atoms with van der Waals surface area (Å²) >= 11 is 16.2. The minimum absolute atomic E-state index is 0.0800. The molecule has 0 spiro atoms. The Hall–Kier alpha value is -2.08. The summed E-state index contributed by atoms with van der Waals surface area (Å²) in [6.45, 7) is 0. The largest absolute Gasteiger partial charge is 0.463 e. The van der Waals surface area contributed by atoms with Crippen molar-refractivity contribution in [3.63, 3.8) is 0 Å². The predicted octanol–water partition coefficient (Wildman–Crippen LogP) is 7.14. The molecule has 2 aliphatic rings. The van der Waals surface area contributed by atoms with Crippen molar-refractivity contribution < 1.29 is 9.13 Å². The zero-order chi connectivity index (χ0) is 20.1. The number of hydrogen-bond donors (Lipinski definition) is 0. The van der Waals surface area contributed by atoms with Crippen LogP contribution in [0.25, 0.3) is 0 Å². The van der Waals surface area contributed by atoms with E-state index >= 15 is 0 Å². The standard InChI is InChI=1S/C22H14BrCl2FN2O/c23-14-5-1-12(2-6-14)19-11-20-17-9-15(24)10-18(25)21(17)29-22(28(20)27-19)13-3-7-16(26)8-4-13/h1-10,20,22H,11H2. The molecule has 2 heterocycles. The number of hydrogen-bond acceptors (Lipinski definition) is 3. The Bertz CT molecular complexity index is 1120. The molecule has 2 atom stereocenters. The van der Waals surface area contributed by atoms with Crippen molar-refractivity contribution in [3.05, 3.63) is 97.7 Å². The summed E-state index contributed by atoms with van der Waals surface area (Å²) in [5.41, 5.74) is 3.68. The molecule has 2 unspecified atom stereocenters. The van der Waals surface area contributed by atoms with Crippen molar-refractivity contribution in [2.75, 3.05) is 0 Å². The van der Waals surface area contributed by atoms with E-state index < -0.39 is 6.23 Å². The lowest BCUT2D eigenvalue weighted by Gasteiger charge is -2.38. The molecule has 0 fully saturated rings. The molecule has 2 aliphatic heterocycles. The average molecular weight is 492 g/mol. The van der Waals surface area contributed by atoms with E-state index in [0.29, 0.717) is 22.2 Å². The molecule has 7 heteroatoms. The summed E-state index contributed by atoms with van der Waals surface area (Å²) < 4.78 is 20.7. The fourth-order valence-corrected chi connectivity index (χ4v) is 4.60. The molecule has 0 radical (unpaired) electrons. The summed E-state index contributed by atoms with van der Waals surface area (Å²) in [6.07, 6.45) is 0.173. The molecule has 0 saturated heterocycles. The van der Waals surface area contributed by atoms with E-state index in [2.05, 4.69) is 15.9 Å². The number of halogens is 4. The zero-order valence-electron chi connectivity index (χ0n) is 14.9. The fourth-order valence-electron chi connectivity index (χ4n) is 3.78. The Balaban J connectivity index is 1.62. The number of fused-ring (bicyclic) bond motifs is 3. The van der Waals surface area contributed by atoms with Crippen LogP contribution in [0, 0.1) is 5.82 Å². The van der Waals surface area contributed by atoms with Crippen LogP contribution in [0.15, 0.2) is 70.2 Å². The van der Waals surface area contributed by atoms with Crippen molar-refractivity contribution in [2.45, 2.75) is 18.7 Å². The highest BCUT2D eigenvalue weighted by Crippen LogP contribution is 2.50. The number of rotatable bonds is 2. The van der Waals surface area contributed by atoms with Gasteiger partial charge in [0.15, 0.2) is 0 Å². The van der Waals surface area contributed by atoms with E-state index in [0.717, 1.165) is 26.9 Å². The Labute approximate surface area is 185 Å².